The number of nitrogens with zero attached hydrogens (tertiary/aromatic N) is 4. The van der Waals surface area contributed by atoms with Crippen molar-refractivity contribution in [2.45, 2.75) is 18.0 Å². The number of amides is 1. The normalized spacial score (nSPS) is 13.9. The molecule has 0 N–H and O–H groups in total. The van der Waals surface area contributed by atoms with Crippen molar-refractivity contribution in [1.29, 1.82) is 0 Å². The summed E-state index contributed by atoms with van der Waals surface area (Å²) in [6, 6.07) is 41.7. The minimum Gasteiger partial charge on any atom is -0.340 e. The van der Waals surface area contributed by atoms with Crippen LogP contribution >= 0.6 is 11.8 Å². The quantitative estimate of drug-likeness (QED) is 0.114. The standard InChI is InChI=1S/C38H38N4OS/c43-35(41-28-26-40(27-29-41)25-13-17-31-15-5-1-6-16-31)24-14-30-44-38-39-36(32-18-7-2-8-19-32)37(33-20-9-3-10-21-33)42(38)34-22-11-4-12-23-34/h1-13,15-23H,14,24-30H2. The van der Waals surface area contributed by atoms with Gasteiger partial charge in [-0.05, 0) is 24.1 Å². The predicted octanol–water partition coefficient (Wildman–Crippen LogP) is 7.94. The van der Waals surface area contributed by atoms with E-state index in [1.165, 1.54) is 5.56 Å². The first-order valence-corrected chi connectivity index (χ1v) is 16.4. The van der Waals surface area contributed by atoms with Crippen molar-refractivity contribution < 1.29 is 4.79 Å². The maximum absolute atomic E-state index is 13.1. The summed E-state index contributed by atoms with van der Waals surface area (Å²) >= 11 is 1.73. The molecule has 1 aromatic heterocycles. The topological polar surface area (TPSA) is 41.4 Å². The van der Waals surface area contributed by atoms with Crippen molar-refractivity contribution in [2.24, 2.45) is 0 Å². The Kier molecular flexibility index (Phi) is 10.0. The minimum atomic E-state index is 0.256. The average molecular weight is 599 g/mol. The van der Waals surface area contributed by atoms with Crippen molar-refractivity contribution in [3.8, 4) is 28.2 Å². The smallest absolute Gasteiger partial charge is 0.222 e. The van der Waals surface area contributed by atoms with Gasteiger partial charge in [-0.1, -0.05) is 133 Å². The maximum atomic E-state index is 13.1. The molecule has 44 heavy (non-hydrogen) atoms. The van der Waals surface area contributed by atoms with E-state index in [0.717, 1.165) is 78.3 Å². The van der Waals surface area contributed by atoms with Crippen LogP contribution in [0, 0.1) is 0 Å². The predicted molar refractivity (Wildman–Crippen MR) is 183 cm³/mol. The Morgan fingerprint density at radius 3 is 1.98 bits per heavy atom. The molecular weight excluding hydrogens is 561 g/mol. The number of rotatable bonds is 11. The van der Waals surface area contributed by atoms with Gasteiger partial charge in [0.05, 0.1) is 11.4 Å². The monoisotopic (exact) mass is 598 g/mol. The highest BCUT2D eigenvalue weighted by atomic mass is 32.2. The summed E-state index contributed by atoms with van der Waals surface area (Å²) in [5.74, 6) is 1.08. The Labute approximate surface area is 264 Å². The lowest BCUT2D eigenvalue weighted by molar-refractivity contribution is -0.132. The number of benzene rings is 4. The molecule has 0 bridgehead atoms. The van der Waals surface area contributed by atoms with Gasteiger partial charge < -0.3 is 4.90 Å². The van der Waals surface area contributed by atoms with Crippen molar-refractivity contribution >= 4 is 23.7 Å². The first kappa shape index (κ1) is 29.7. The van der Waals surface area contributed by atoms with Crippen molar-refractivity contribution in [2.75, 3.05) is 38.5 Å². The van der Waals surface area contributed by atoms with Gasteiger partial charge in [0, 0.05) is 61.7 Å². The van der Waals surface area contributed by atoms with E-state index in [2.05, 4.69) is 119 Å². The molecule has 0 atom stereocenters. The molecule has 2 heterocycles. The van der Waals surface area contributed by atoms with Crippen LogP contribution in [0.15, 0.2) is 133 Å². The molecule has 1 fully saturated rings. The number of para-hydroxylation sites is 1. The molecule has 0 spiro atoms. The van der Waals surface area contributed by atoms with E-state index in [0.29, 0.717) is 6.42 Å². The van der Waals surface area contributed by atoms with Gasteiger partial charge in [0.25, 0.3) is 0 Å². The largest absolute Gasteiger partial charge is 0.340 e. The zero-order valence-corrected chi connectivity index (χ0v) is 25.8. The number of aromatic nitrogens is 2. The Balaban J connectivity index is 1.09. The Morgan fingerprint density at radius 2 is 1.32 bits per heavy atom. The van der Waals surface area contributed by atoms with Gasteiger partial charge in [-0.2, -0.15) is 0 Å². The third-order valence-electron chi connectivity index (χ3n) is 7.92. The lowest BCUT2D eigenvalue weighted by Crippen LogP contribution is -2.48. The van der Waals surface area contributed by atoms with Gasteiger partial charge in [0.1, 0.15) is 0 Å². The molecule has 1 saturated heterocycles. The molecule has 1 amide bonds. The second-order valence-electron chi connectivity index (χ2n) is 10.9. The zero-order chi connectivity index (χ0) is 30.0. The lowest BCUT2D eigenvalue weighted by Gasteiger charge is -2.34. The van der Waals surface area contributed by atoms with Gasteiger partial charge in [0.15, 0.2) is 5.16 Å². The van der Waals surface area contributed by atoms with E-state index in [1.54, 1.807) is 11.8 Å². The summed E-state index contributed by atoms with van der Waals surface area (Å²) in [7, 11) is 0. The molecule has 5 aromatic rings. The number of carbonyl (C=O) groups excluding carboxylic acids is 1. The Bertz CT molecular complexity index is 1650. The number of carbonyl (C=O) groups is 1. The molecule has 1 aliphatic rings. The van der Waals surface area contributed by atoms with Crippen molar-refractivity contribution in [1.82, 2.24) is 19.4 Å². The Hall–Kier alpha value is -4.39. The average Bonchev–Trinajstić information content (AvgIpc) is 3.48. The molecule has 222 valence electrons. The first-order chi connectivity index (χ1) is 21.8. The molecule has 0 saturated carbocycles. The van der Waals surface area contributed by atoms with E-state index < -0.39 is 0 Å². The SMILES string of the molecule is O=C(CCCSc1nc(-c2ccccc2)c(-c2ccccc2)n1-c1ccccc1)N1CCN(CC=Cc2ccccc2)CC1. The van der Waals surface area contributed by atoms with Gasteiger partial charge >= 0.3 is 0 Å². The summed E-state index contributed by atoms with van der Waals surface area (Å²) in [5, 5.41) is 0.943. The number of hydrogen-bond donors (Lipinski definition) is 0. The van der Waals surface area contributed by atoms with Crippen LogP contribution in [-0.4, -0.2) is 63.7 Å². The van der Waals surface area contributed by atoms with E-state index >= 15 is 0 Å². The van der Waals surface area contributed by atoms with Crippen LogP contribution in [0.1, 0.15) is 18.4 Å². The second kappa shape index (κ2) is 14.9. The van der Waals surface area contributed by atoms with Crippen LogP contribution in [0.5, 0.6) is 0 Å². The lowest BCUT2D eigenvalue weighted by atomic mass is 10.0. The van der Waals surface area contributed by atoms with Gasteiger partial charge in [-0.15, -0.1) is 0 Å². The van der Waals surface area contributed by atoms with E-state index in [1.807, 2.05) is 29.2 Å². The number of thioether (sulfide) groups is 1. The fraction of sp³-hybridized carbons (Fsp3) is 0.211. The van der Waals surface area contributed by atoms with Gasteiger partial charge in [-0.25, -0.2) is 4.98 Å². The van der Waals surface area contributed by atoms with Gasteiger partial charge in [0.2, 0.25) is 5.91 Å². The summed E-state index contributed by atoms with van der Waals surface area (Å²) in [4.78, 5) is 22.8. The van der Waals surface area contributed by atoms with E-state index in [-0.39, 0.29) is 5.91 Å². The van der Waals surface area contributed by atoms with Crippen LogP contribution in [0.3, 0.4) is 0 Å². The third kappa shape index (κ3) is 7.39. The van der Waals surface area contributed by atoms with Crippen LogP contribution in [-0.2, 0) is 4.79 Å². The summed E-state index contributed by atoms with van der Waals surface area (Å²) < 4.78 is 2.27. The molecule has 6 heteroatoms. The van der Waals surface area contributed by atoms with Crippen molar-refractivity contribution in [3.05, 3.63) is 133 Å². The molecule has 5 nitrogen and oxygen atoms in total. The maximum Gasteiger partial charge on any atom is 0.222 e. The zero-order valence-electron chi connectivity index (χ0n) is 25.0. The number of imidazole rings is 1. The first-order valence-electron chi connectivity index (χ1n) is 15.4. The van der Waals surface area contributed by atoms with Crippen molar-refractivity contribution in [3.63, 3.8) is 0 Å². The number of piperazine rings is 1. The molecule has 1 aliphatic heterocycles. The fourth-order valence-corrected chi connectivity index (χ4v) is 6.55. The van der Waals surface area contributed by atoms with Crippen LogP contribution in [0.2, 0.25) is 0 Å². The van der Waals surface area contributed by atoms with E-state index in [9.17, 15) is 4.79 Å². The molecular formula is C38H38N4OS. The second-order valence-corrected chi connectivity index (χ2v) is 12.0. The molecule has 6 rings (SSSR count). The minimum absolute atomic E-state index is 0.256. The van der Waals surface area contributed by atoms with Crippen LogP contribution < -0.4 is 0 Å². The van der Waals surface area contributed by atoms with Crippen LogP contribution in [0.25, 0.3) is 34.3 Å². The summed E-state index contributed by atoms with van der Waals surface area (Å²) in [5.41, 5.74) is 6.56. The van der Waals surface area contributed by atoms with Crippen LogP contribution in [0.4, 0.5) is 0 Å². The highest BCUT2D eigenvalue weighted by Crippen LogP contribution is 2.38. The molecule has 0 radical (unpaired) electrons. The number of hydrogen-bond acceptors (Lipinski definition) is 4. The molecule has 4 aromatic carbocycles. The summed E-state index contributed by atoms with van der Waals surface area (Å²) in [6.45, 7) is 4.34. The highest BCUT2D eigenvalue weighted by Gasteiger charge is 2.23. The Morgan fingerprint density at radius 1 is 0.727 bits per heavy atom. The summed E-state index contributed by atoms with van der Waals surface area (Å²) in [6.07, 6.45) is 5.76. The molecule has 0 aliphatic carbocycles. The van der Waals surface area contributed by atoms with Gasteiger partial charge in [-0.3, -0.25) is 14.3 Å². The third-order valence-corrected chi connectivity index (χ3v) is 8.94. The molecule has 0 unspecified atom stereocenters. The van der Waals surface area contributed by atoms with E-state index in [4.69, 9.17) is 4.98 Å². The highest BCUT2D eigenvalue weighted by molar-refractivity contribution is 7.99. The fourth-order valence-electron chi connectivity index (χ4n) is 5.60.